The summed E-state index contributed by atoms with van der Waals surface area (Å²) in [6, 6.07) is 10.1. The van der Waals surface area contributed by atoms with Crippen LogP contribution >= 0.6 is 0 Å². The number of rotatable bonds is 10. The van der Waals surface area contributed by atoms with Gasteiger partial charge in [-0.2, -0.15) is 0 Å². The maximum Gasteiger partial charge on any atom is 0.305 e. The molecule has 1 unspecified atom stereocenters. The predicted octanol–water partition coefficient (Wildman–Crippen LogP) is 1.78. The summed E-state index contributed by atoms with van der Waals surface area (Å²) in [4.78, 5) is 23.0. The monoisotopic (exact) mass is 335 g/mol. The Hall–Kier alpha value is -1.92. The molecule has 1 aromatic rings. The van der Waals surface area contributed by atoms with Crippen LogP contribution in [0.3, 0.4) is 0 Å². The van der Waals surface area contributed by atoms with Crippen molar-refractivity contribution in [2.75, 3.05) is 26.4 Å². The summed E-state index contributed by atoms with van der Waals surface area (Å²) in [7, 11) is 0. The molecular formula is C18H25NO5. The second-order valence-corrected chi connectivity index (χ2v) is 6.15. The molecule has 0 saturated carbocycles. The van der Waals surface area contributed by atoms with Gasteiger partial charge in [-0.15, -0.1) is 0 Å². The predicted molar refractivity (Wildman–Crippen MR) is 88.8 cm³/mol. The number of hydrogen-bond acceptors (Lipinski definition) is 4. The third-order valence-corrected chi connectivity index (χ3v) is 4.07. The van der Waals surface area contributed by atoms with Crippen LogP contribution in [0, 0.1) is 0 Å². The Morgan fingerprint density at radius 3 is 2.71 bits per heavy atom. The molecule has 0 aliphatic carbocycles. The highest BCUT2D eigenvalue weighted by Gasteiger charge is 2.38. The first-order valence-corrected chi connectivity index (χ1v) is 8.32. The molecule has 1 aromatic carbocycles. The molecule has 6 nitrogen and oxygen atoms in total. The summed E-state index contributed by atoms with van der Waals surface area (Å²) in [5.74, 6) is -1.07. The molecule has 6 heteroatoms. The molecule has 1 fully saturated rings. The minimum atomic E-state index is -0.926. The van der Waals surface area contributed by atoms with Crippen molar-refractivity contribution >= 4 is 11.9 Å². The lowest BCUT2D eigenvalue weighted by Crippen LogP contribution is -2.50. The Morgan fingerprint density at radius 1 is 1.25 bits per heavy atom. The van der Waals surface area contributed by atoms with Gasteiger partial charge in [0.2, 0.25) is 5.91 Å². The number of hydrogen-bond donors (Lipinski definition) is 2. The first kappa shape index (κ1) is 18.4. The van der Waals surface area contributed by atoms with Crippen molar-refractivity contribution in [2.45, 2.75) is 37.6 Å². The first-order chi connectivity index (χ1) is 11.6. The standard InChI is InChI=1S/C18H25NO5/c20-16(19-18(13-17(21)22)9-12-24-14-18)7-4-10-23-11-8-15-5-2-1-3-6-15/h1-3,5-6H,4,7-14H2,(H,19,20)(H,21,22). The number of carboxylic acid groups (broad SMARTS) is 1. The van der Waals surface area contributed by atoms with Gasteiger partial charge in [-0.05, 0) is 24.8 Å². The van der Waals surface area contributed by atoms with E-state index < -0.39 is 11.5 Å². The highest BCUT2D eigenvalue weighted by molar-refractivity contribution is 5.78. The van der Waals surface area contributed by atoms with Crippen molar-refractivity contribution in [1.82, 2.24) is 5.32 Å². The molecule has 0 bridgehead atoms. The second kappa shape index (κ2) is 9.39. The number of carbonyl (C=O) groups is 2. The first-order valence-electron chi connectivity index (χ1n) is 8.32. The summed E-state index contributed by atoms with van der Waals surface area (Å²) < 4.78 is 10.8. The number of aliphatic carboxylic acids is 1. The van der Waals surface area contributed by atoms with Gasteiger partial charge in [0, 0.05) is 19.6 Å². The van der Waals surface area contributed by atoms with Crippen molar-refractivity contribution in [1.29, 1.82) is 0 Å². The lowest BCUT2D eigenvalue weighted by atomic mass is 9.94. The number of ether oxygens (including phenoxy) is 2. The molecule has 1 amide bonds. The van der Waals surface area contributed by atoms with Gasteiger partial charge >= 0.3 is 5.97 Å². The van der Waals surface area contributed by atoms with Gasteiger partial charge in [-0.1, -0.05) is 30.3 Å². The normalized spacial score (nSPS) is 20.0. The van der Waals surface area contributed by atoms with Gasteiger partial charge in [0.05, 0.1) is 25.2 Å². The maximum absolute atomic E-state index is 12.0. The van der Waals surface area contributed by atoms with Crippen molar-refractivity contribution in [2.24, 2.45) is 0 Å². The summed E-state index contributed by atoms with van der Waals surface area (Å²) in [5, 5.41) is 11.8. The molecule has 24 heavy (non-hydrogen) atoms. The molecule has 1 atom stereocenters. The van der Waals surface area contributed by atoms with Gasteiger partial charge in [0.1, 0.15) is 0 Å². The Kier molecular flexibility index (Phi) is 7.21. The molecule has 0 radical (unpaired) electrons. The molecular weight excluding hydrogens is 310 g/mol. The lowest BCUT2D eigenvalue weighted by molar-refractivity contribution is -0.139. The lowest BCUT2D eigenvalue weighted by Gasteiger charge is -2.27. The zero-order valence-electron chi connectivity index (χ0n) is 13.8. The smallest absolute Gasteiger partial charge is 0.305 e. The van der Waals surface area contributed by atoms with Gasteiger partial charge in [0.25, 0.3) is 0 Å². The van der Waals surface area contributed by atoms with E-state index in [9.17, 15) is 9.59 Å². The molecule has 2 rings (SSSR count). The van der Waals surface area contributed by atoms with Gasteiger partial charge in [0.15, 0.2) is 0 Å². The summed E-state index contributed by atoms with van der Waals surface area (Å²) in [5.41, 5.74) is 0.476. The van der Waals surface area contributed by atoms with Crippen LogP contribution in [0.1, 0.15) is 31.2 Å². The van der Waals surface area contributed by atoms with Crippen LogP contribution in [0.15, 0.2) is 30.3 Å². The fourth-order valence-electron chi connectivity index (χ4n) is 2.81. The minimum Gasteiger partial charge on any atom is -0.481 e. The number of carbonyl (C=O) groups excluding carboxylic acids is 1. The number of amides is 1. The van der Waals surface area contributed by atoms with Crippen LogP contribution in [0.25, 0.3) is 0 Å². The molecule has 1 aliphatic rings. The van der Waals surface area contributed by atoms with E-state index in [2.05, 4.69) is 17.4 Å². The summed E-state index contributed by atoms with van der Waals surface area (Å²) in [6.45, 7) is 1.89. The molecule has 132 valence electrons. The van der Waals surface area contributed by atoms with E-state index in [-0.39, 0.29) is 18.9 Å². The van der Waals surface area contributed by atoms with Crippen molar-refractivity contribution < 1.29 is 24.2 Å². The summed E-state index contributed by atoms with van der Waals surface area (Å²) >= 11 is 0. The van der Waals surface area contributed by atoms with Gasteiger partial charge < -0.3 is 19.9 Å². The van der Waals surface area contributed by atoms with E-state index in [1.165, 1.54) is 5.56 Å². The molecule has 1 saturated heterocycles. The Bertz CT molecular complexity index is 525. The quantitative estimate of drug-likeness (QED) is 0.637. The van der Waals surface area contributed by atoms with E-state index in [1.807, 2.05) is 18.2 Å². The average molecular weight is 335 g/mol. The molecule has 2 N–H and O–H groups in total. The highest BCUT2D eigenvalue weighted by Crippen LogP contribution is 2.22. The van der Waals surface area contributed by atoms with E-state index in [0.29, 0.717) is 39.1 Å². The van der Waals surface area contributed by atoms with Crippen molar-refractivity contribution in [3.05, 3.63) is 35.9 Å². The second-order valence-electron chi connectivity index (χ2n) is 6.15. The molecule has 0 spiro atoms. The van der Waals surface area contributed by atoms with Crippen LogP contribution < -0.4 is 5.32 Å². The number of carboxylic acids is 1. The van der Waals surface area contributed by atoms with Gasteiger partial charge in [-0.3, -0.25) is 9.59 Å². The van der Waals surface area contributed by atoms with Crippen LogP contribution in [0.2, 0.25) is 0 Å². The largest absolute Gasteiger partial charge is 0.481 e. The van der Waals surface area contributed by atoms with Crippen molar-refractivity contribution in [3.8, 4) is 0 Å². The number of benzene rings is 1. The molecule has 0 aromatic heterocycles. The van der Waals surface area contributed by atoms with Crippen LogP contribution in [0.5, 0.6) is 0 Å². The topological polar surface area (TPSA) is 84.9 Å². The Labute approximate surface area is 142 Å². The Balaban J connectivity index is 1.60. The Morgan fingerprint density at radius 2 is 2.04 bits per heavy atom. The van der Waals surface area contributed by atoms with E-state index >= 15 is 0 Å². The van der Waals surface area contributed by atoms with Crippen LogP contribution in [0.4, 0.5) is 0 Å². The third-order valence-electron chi connectivity index (χ3n) is 4.07. The third kappa shape index (κ3) is 6.29. The molecule has 1 heterocycles. The highest BCUT2D eigenvalue weighted by atomic mass is 16.5. The molecule has 1 aliphatic heterocycles. The zero-order valence-corrected chi connectivity index (χ0v) is 13.8. The maximum atomic E-state index is 12.0. The summed E-state index contributed by atoms with van der Waals surface area (Å²) in [6.07, 6.45) is 2.23. The zero-order chi connectivity index (χ0) is 17.3. The average Bonchev–Trinajstić information content (AvgIpc) is 2.98. The van der Waals surface area contributed by atoms with Crippen molar-refractivity contribution in [3.63, 3.8) is 0 Å². The fraction of sp³-hybridized carbons (Fsp3) is 0.556. The van der Waals surface area contributed by atoms with Gasteiger partial charge in [-0.25, -0.2) is 0 Å². The fourth-order valence-corrected chi connectivity index (χ4v) is 2.81. The van der Waals surface area contributed by atoms with E-state index in [1.54, 1.807) is 0 Å². The minimum absolute atomic E-state index is 0.105. The SMILES string of the molecule is O=C(O)CC1(NC(=O)CCCOCCc2ccccc2)CCOC1. The van der Waals surface area contributed by atoms with E-state index in [0.717, 1.165) is 6.42 Å². The van der Waals surface area contributed by atoms with E-state index in [4.69, 9.17) is 14.6 Å². The van der Waals surface area contributed by atoms with Crippen LogP contribution in [-0.4, -0.2) is 48.9 Å². The van der Waals surface area contributed by atoms with Crippen LogP contribution in [-0.2, 0) is 25.5 Å². The number of nitrogens with one attached hydrogen (secondary N) is 1.